The monoisotopic (exact) mass is 386 g/mol. The lowest BCUT2D eigenvalue weighted by molar-refractivity contribution is -0.115. The van der Waals surface area contributed by atoms with Gasteiger partial charge in [0, 0.05) is 24.3 Å². The molecule has 29 heavy (non-hydrogen) atoms. The third-order valence-corrected chi connectivity index (χ3v) is 5.25. The number of nitrogens with zero attached hydrogens (tertiary/aromatic N) is 3. The molecule has 148 valence electrons. The van der Waals surface area contributed by atoms with Crippen molar-refractivity contribution in [3.05, 3.63) is 72.3 Å². The first-order chi connectivity index (χ1) is 14.3. The highest BCUT2D eigenvalue weighted by Crippen LogP contribution is 2.22. The van der Waals surface area contributed by atoms with Gasteiger partial charge in [0.2, 0.25) is 5.91 Å². The summed E-state index contributed by atoms with van der Waals surface area (Å²) in [6.45, 7) is 2.12. The Morgan fingerprint density at radius 1 is 0.828 bits per heavy atom. The van der Waals surface area contributed by atoms with Crippen molar-refractivity contribution >= 4 is 17.4 Å². The highest BCUT2D eigenvalue weighted by Gasteiger charge is 2.12. The van der Waals surface area contributed by atoms with Crippen LogP contribution in [0.25, 0.3) is 11.3 Å². The summed E-state index contributed by atoms with van der Waals surface area (Å²) in [6.07, 6.45) is 5.42. The second-order valence-electron chi connectivity index (χ2n) is 7.47. The van der Waals surface area contributed by atoms with Crippen LogP contribution < -0.4 is 10.2 Å². The van der Waals surface area contributed by atoms with E-state index in [2.05, 4.69) is 26.5 Å². The van der Waals surface area contributed by atoms with Crippen molar-refractivity contribution in [2.45, 2.75) is 32.1 Å². The topological polar surface area (TPSA) is 58.1 Å². The van der Waals surface area contributed by atoms with Crippen LogP contribution in [0.4, 0.5) is 11.5 Å². The summed E-state index contributed by atoms with van der Waals surface area (Å²) in [4.78, 5) is 14.5. The van der Waals surface area contributed by atoms with E-state index in [0.717, 1.165) is 41.4 Å². The van der Waals surface area contributed by atoms with Crippen LogP contribution in [-0.2, 0) is 11.2 Å². The predicted octanol–water partition coefficient (Wildman–Crippen LogP) is 4.71. The lowest BCUT2D eigenvalue weighted by Gasteiger charge is -2.20. The van der Waals surface area contributed by atoms with Gasteiger partial charge in [-0.05, 0) is 42.7 Å². The second kappa shape index (κ2) is 9.32. The van der Waals surface area contributed by atoms with E-state index >= 15 is 0 Å². The van der Waals surface area contributed by atoms with Gasteiger partial charge in [-0.3, -0.25) is 4.79 Å². The van der Waals surface area contributed by atoms with Gasteiger partial charge in [-0.1, -0.05) is 55.3 Å². The Balaban J connectivity index is 1.37. The SMILES string of the molecule is O=C(Cc1ccccc1)Nc1ccc(-c2ccc(N3CCCCCC3)nn2)cc1. The molecule has 1 aliphatic heterocycles. The summed E-state index contributed by atoms with van der Waals surface area (Å²) in [6, 6.07) is 21.6. The summed E-state index contributed by atoms with van der Waals surface area (Å²) in [5.74, 6) is 0.936. The number of nitrogens with one attached hydrogen (secondary N) is 1. The van der Waals surface area contributed by atoms with Gasteiger partial charge in [0.25, 0.3) is 0 Å². The number of hydrogen-bond donors (Lipinski definition) is 1. The van der Waals surface area contributed by atoms with E-state index in [1.807, 2.05) is 60.7 Å². The van der Waals surface area contributed by atoms with Crippen molar-refractivity contribution in [1.29, 1.82) is 0 Å². The summed E-state index contributed by atoms with van der Waals surface area (Å²) >= 11 is 0. The predicted molar refractivity (Wildman–Crippen MR) is 117 cm³/mol. The Morgan fingerprint density at radius 3 is 2.21 bits per heavy atom. The van der Waals surface area contributed by atoms with Crippen LogP contribution in [-0.4, -0.2) is 29.2 Å². The molecule has 0 radical (unpaired) electrons. The average molecular weight is 386 g/mol. The Morgan fingerprint density at radius 2 is 1.55 bits per heavy atom. The van der Waals surface area contributed by atoms with Crippen molar-refractivity contribution < 1.29 is 4.79 Å². The molecule has 2 heterocycles. The zero-order valence-corrected chi connectivity index (χ0v) is 16.6. The van der Waals surface area contributed by atoms with Gasteiger partial charge in [0.1, 0.15) is 0 Å². The Kier molecular flexibility index (Phi) is 6.15. The third-order valence-electron chi connectivity index (χ3n) is 5.25. The number of rotatable bonds is 5. The number of benzene rings is 2. The fourth-order valence-corrected chi connectivity index (χ4v) is 3.66. The summed E-state index contributed by atoms with van der Waals surface area (Å²) in [7, 11) is 0. The average Bonchev–Trinajstić information content (AvgIpc) is 3.05. The number of aromatic nitrogens is 2. The quantitative estimate of drug-likeness (QED) is 0.690. The third kappa shape index (κ3) is 5.19. The number of anilines is 2. The van der Waals surface area contributed by atoms with Gasteiger partial charge in [-0.2, -0.15) is 0 Å². The molecule has 0 atom stereocenters. The molecule has 0 bridgehead atoms. The largest absolute Gasteiger partial charge is 0.355 e. The molecule has 5 nitrogen and oxygen atoms in total. The van der Waals surface area contributed by atoms with Gasteiger partial charge in [-0.15, -0.1) is 10.2 Å². The van der Waals surface area contributed by atoms with E-state index < -0.39 is 0 Å². The van der Waals surface area contributed by atoms with Gasteiger partial charge >= 0.3 is 0 Å². The van der Waals surface area contributed by atoms with Crippen molar-refractivity contribution in [2.75, 3.05) is 23.3 Å². The van der Waals surface area contributed by atoms with Crippen molar-refractivity contribution in [3.8, 4) is 11.3 Å². The molecule has 0 unspecified atom stereocenters. The van der Waals surface area contributed by atoms with Crippen molar-refractivity contribution in [1.82, 2.24) is 10.2 Å². The molecule has 0 saturated carbocycles. The maximum Gasteiger partial charge on any atom is 0.228 e. The molecule has 0 aliphatic carbocycles. The number of hydrogen-bond acceptors (Lipinski definition) is 4. The smallest absolute Gasteiger partial charge is 0.228 e. The van der Waals surface area contributed by atoms with Crippen LogP contribution >= 0.6 is 0 Å². The minimum absolute atomic E-state index is 0.0226. The van der Waals surface area contributed by atoms with Gasteiger partial charge in [-0.25, -0.2) is 0 Å². The number of amides is 1. The lowest BCUT2D eigenvalue weighted by Crippen LogP contribution is -2.25. The molecule has 1 N–H and O–H groups in total. The van der Waals surface area contributed by atoms with E-state index in [1.165, 1.54) is 25.7 Å². The van der Waals surface area contributed by atoms with Crippen molar-refractivity contribution in [3.63, 3.8) is 0 Å². The second-order valence-corrected chi connectivity index (χ2v) is 7.47. The van der Waals surface area contributed by atoms with Crippen LogP contribution in [0.3, 0.4) is 0 Å². The van der Waals surface area contributed by atoms with Crippen LogP contribution in [0.2, 0.25) is 0 Å². The first-order valence-electron chi connectivity index (χ1n) is 10.3. The minimum atomic E-state index is -0.0226. The van der Waals surface area contributed by atoms with Crippen molar-refractivity contribution in [2.24, 2.45) is 0 Å². The van der Waals surface area contributed by atoms with E-state index in [0.29, 0.717) is 6.42 Å². The summed E-state index contributed by atoms with van der Waals surface area (Å²) in [5, 5.41) is 11.8. The van der Waals surface area contributed by atoms with E-state index in [9.17, 15) is 4.79 Å². The molecule has 5 heteroatoms. The summed E-state index contributed by atoms with van der Waals surface area (Å²) < 4.78 is 0. The van der Waals surface area contributed by atoms with E-state index in [4.69, 9.17) is 0 Å². The Hall–Kier alpha value is -3.21. The van der Waals surface area contributed by atoms with E-state index in [-0.39, 0.29) is 5.91 Å². The molecular formula is C24H26N4O. The molecular weight excluding hydrogens is 360 g/mol. The Bertz CT molecular complexity index is 915. The molecule has 3 aromatic rings. The van der Waals surface area contributed by atoms with Gasteiger partial charge in [0.15, 0.2) is 5.82 Å². The van der Waals surface area contributed by atoms with E-state index in [1.54, 1.807) is 0 Å². The van der Waals surface area contributed by atoms with Crippen LogP contribution in [0.15, 0.2) is 66.7 Å². The molecule has 4 rings (SSSR count). The first kappa shape index (κ1) is 19.1. The highest BCUT2D eigenvalue weighted by atomic mass is 16.1. The first-order valence-corrected chi connectivity index (χ1v) is 10.3. The zero-order valence-electron chi connectivity index (χ0n) is 16.6. The number of carbonyl (C=O) groups is 1. The maximum absolute atomic E-state index is 12.2. The van der Waals surface area contributed by atoms with Crippen LogP contribution in [0.5, 0.6) is 0 Å². The fraction of sp³-hybridized carbons (Fsp3) is 0.292. The Labute approximate surface area is 171 Å². The standard InChI is InChI=1S/C24H26N4O/c29-24(18-19-8-4-3-5-9-19)25-21-12-10-20(11-13-21)22-14-15-23(27-26-22)28-16-6-1-2-7-17-28/h3-5,8-15H,1-2,6-7,16-18H2,(H,25,29). The molecule has 0 spiro atoms. The molecule has 1 amide bonds. The normalized spacial score (nSPS) is 14.3. The zero-order chi connectivity index (χ0) is 19.9. The molecule has 1 aromatic heterocycles. The minimum Gasteiger partial charge on any atom is -0.355 e. The molecule has 2 aromatic carbocycles. The fourth-order valence-electron chi connectivity index (χ4n) is 3.66. The number of carbonyl (C=O) groups excluding carboxylic acids is 1. The maximum atomic E-state index is 12.2. The highest BCUT2D eigenvalue weighted by molar-refractivity contribution is 5.92. The van der Waals surface area contributed by atoms with Crippen LogP contribution in [0.1, 0.15) is 31.2 Å². The lowest BCUT2D eigenvalue weighted by atomic mass is 10.1. The summed E-state index contributed by atoms with van der Waals surface area (Å²) in [5.41, 5.74) is 3.61. The van der Waals surface area contributed by atoms with Gasteiger partial charge in [0.05, 0.1) is 12.1 Å². The molecule has 1 saturated heterocycles. The molecule has 1 aliphatic rings. The van der Waals surface area contributed by atoms with Crippen LogP contribution in [0, 0.1) is 0 Å². The van der Waals surface area contributed by atoms with Gasteiger partial charge < -0.3 is 10.2 Å². The molecule has 1 fully saturated rings.